The minimum Gasteiger partial charge on any atom is -0.322 e. The predicted octanol–water partition coefficient (Wildman–Crippen LogP) is 3.25. The van der Waals surface area contributed by atoms with Gasteiger partial charge < -0.3 is 9.88 Å². The van der Waals surface area contributed by atoms with E-state index >= 15 is 0 Å². The molecule has 122 valence electrons. The lowest BCUT2D eigenvalue weighted by Crippen LogP contribution is -2.15. The van der Waals surface area contributed by atoms with E-state index in [0.717, 1.165) is 5.69 Å². The number of nitrogens with one attached hydrogen (secondary N) is 1. The maximum atomic E-state index is 12.6. The summed E-state index contributed by atoms with van der Waals surface area (Å²) in [5.41, 5.74) is 2.00. The van der Waals surface area contributed by atoms with Crippen LogP contribution in [-0.4, -0.2) is 25.4 Å². The van der Waals surface area contributed by atoms with Crippen LogP contribution in [0.15, 0.2) is 72.1 Å². The van der Waals surface area contributed by atoms with E-state index in [2.05, 4.69) is 10.3 Å². The third-order valence-corrected chi connectivity index (χ3v) is 4.92. The zero-order chi connectivity index (χ0) is 16.9. The van der Waals surface area contributed by atoms with Crippen molar-refractivity contribution in [3.8, 4) is 5.69 Å². The highest BCUT2D eigenvalue weighted by Gasteiger charge is 2.14. The van der Waals surface area contributed by atoms with Gasteiger partial charge in [0.05, 0.1) is 27.6 Å². The van der Waals surface area contributed by atoms with Gasteiger partial charge in [-0.2, -0.15) is 0 Å². The number of aromatic nitrogens is 2. The summed E-state index contributed by atoms with van der Waals surface area (Å²) in [6, 6.07) is 14.5. The number of carbonyl (C=O) groups is 1. The zero-order valence-electron chi connectivity index (χ0n) is 13.2. The maximum Gasteiger partial charge on any atom is 0.256 e. The van der Waals surface area contributed by atoms with Crippen LogP contribution in [0.2, 0.25) is 0 Å². The Bertz CT molecular complexity index is 875. The van der Waals surface area contributed by atoms with Crippen LogP contribution in [0.3, 0.4) is 0 Å². The summed E-state index contributed by atoms with van der Waals surface area (Å²) in [7, 11) is -1.18. The molecular weight excluding hydrogens is 322 g/mol. The summed E-state index contributed by atoms with van der Waals surface area (Å²) in [5, 5.41) is 2.87. The molecule has 1 N–H and O–H groups in total. The molecule has 1 unspecified atom stereocenters. The molecule has 6 heteroatoms. The Hall–Kier alpha value is -2.73. The molecule has 0 saturated heterocycles. The minimum absolute atomic E-state index is 0.268. The second kappa shape index (κ2) is 7.23. The summed E-state index contributed by atoms with van der Waals surface area (Å²) < 4.78 is 14.0. The number of hydrogen-bond acceptors (Lipinski definition) is 3. The standard InChI is InChI=1S/C18H17N3O2S/c1-2-24(23)17-9-4-3-8-16(17)18(22)20-14-6-5-7-15(12-14)21-11-10-19-13-21/h3-13H,2H2,1H3,(H,20,22). The average molecular weight is 339 g/mol. The molecule has 24 heavy (non-hydrogen) atoms. The summed E-state index contributed by atoms with van der Waals surface area (Å²) in [6.07, 6.45) is 5.23. The van der Waals surface area contributed by atoms with E-state index in [-0.39, 0.29) is 5.91 Å². The van der Waals surface area contributed by atoms with E-state index in [4.69, 9.17) is 0 Å². The Labute approximate surface area is 142 Å². The predicted molar refractivity (Wildman–Crippen MR) is 94.9 cm³/mol. The Morgan fingerprint density at radius 2 is 2.04 bits per heavy atom. The van der Waals surface area contributed by atoms with E-state index < -0.39 is 10.8 Å². The highest BCUT2D eigenvalue weighted by Crippen LogP contribution is 2.18. The molecule has 2 aromatic carbocycles. The van der Waals surface area contributed by atoms with Crippen molar-refractivity contribution in [2.24, 2.45) is 0 Å². The molecule has 0 spiro atoms. The van der Waals surface area contributed by atoms with Gasteiger partial charge in [0.25, 0.3) is 5.91 Å². The first-order valence-corrected chi connectivity index (χ1v) is 8.88. The van der Waals surface area contributed by atoms with Gasteiger partial charge in [0.15, 0.2) is 0 Å². The van der Waals surface area contributed by atoms with Crippen molar-refractivity contribution < 1.29 is 9.00 Å². The first-order valence-electron chi connectivity index (χ1n) is 7.56. The van der Waals surface area contributed by atoms with Gasteiger partial charge in [-0.3, -0.25) is 9.00 Å². The summed E-state index contributed by atoms with van der Waals surface area (Å²) in [5.74, 6) is 0.204. The molecule has 0 aliphatic heterocycles. The summed E-state index contributed by atoms with van der Waals surface area (Å²) >= 11 is 0. The van der Waals surface area contributed by atoms with E-state index in [9.17, 15) is 9.00 Å². The number of carbonyl (C=O) groups excluding carboxylic acids is 1. The van der Waals surface area contributed by atoms with Crippen molar-refractivity contribution in [1.29, 1.82) is 0 Å². The number of hydrogen-bond donors (Lipinski definition) is 1. The van der Waals surface area contributed by atoms with Crippen molar-refractivity contribution in [1.82, 2.24) is 9.55 Å². The number of nitrogens with zero attached hydrogens (tertiary/aromatic N) is 2. The number of imidazole rings is 1. The monoisotopic (exact) mass is 339 g/mol. The third kappa shape index (κ3) is 3.44. The number of amides is 1. The van der Waals surface area contributed by atoms with E-state index in [1.807, 2.05) is 42.0 Å². The largest absolute Gasteiger partial charge is 0.322 e. The van der Waals surface area contributed by atoms with Crippen LogP contribution in [0.1, 0.15) is 17.3 Å². The maximum absolute atomic E-state index is 12.6. The highest BCUT2D eigenvalue weighted by atomic mass is 32.2. The second-order valence-corrected chi connectivity index (χ2v) is 6.81. The van der Waals surface area contributed by atoms with Crippen molar-refractivity contribution in [2.45, 2.75) is 11.8 Å². The number of anilines is 1. The molecule has 3 aromatic rings. The lowest BCUT2D eigenvalue weighted by molar-refractivity contribution is 0.102. The molecule has 1 atom stereocenters. The van der Waals surface area contributed by atoms with Crippen LogP contribution in [0.4, 0.5) is 5.69 Å². The molecule has 0 fully saturated rings. The number of rotatable bonds is 5. The second-order valence-electron chi connectivity index (χ2n) is 5.10. The van der Waals surface area contributed by atoms with Crippen molar-refractivity contribution in [2.75, 3.05) is 11.1 Å². The van der Waals surface area contributed by atoms with Crippen LogP contribution < -0.4 is 5.32 Å². The van der Waals surface area contributed by atoms with Gasteiger partial charge in [-0.05, 0) is 30.3 Å². The van der Waals surface area contributed by atoms with Crippen LogP contribution in [0.5, 0.6) is 0 Å². The van der Waals surface area contributed by atoms with Gasteiger partial charge in [-0.15, -0.1) is 0 Å². The van der Waals surface area contributed by atoms with Gasteiger partial charge in [-0.1, -0.05) is 25.1 Å². The number of benzene rings is 2. The molecule has 3 rings (SSSR count). The van der Waals surface area contributed by atoms with Gasteiger partial charge in [0.2, 0.25) is 0 Å². The van der Waals surface area contributed by atoms with Gasteiger partial charge in [0, 0.05) is 29.5 Å². The Morgan fingerprint density at radius 3 is 2.79 bits per heavy atom. The fourth-order valence-electron chi connectivity index (χ4n) is 2.36. The minimum atomic E-state index is -1.18. The van der Waals surface area contributed by atoms with Gasteiger partial charge in [0.1, 0.15) is 0 Å². The van der Waals surface area contributed by atoms with Crippen molar-refractivity contribution >= 4 is 22.4 Å². The SMILES string of the molecule is CCS(=O)c1ccccc1C(=O)Nc1cccc(-n2ccnc2)c1. The zero-order valence-corrected chi connectivity index (χ0v) is 14.0. The molecule has 0 saturated carbocycles. The topological polar surface area (TPSA) is 64.0 Å². The lowest BCUT2D eigenvalue weighted by Gasteiger charge is -2.10. The van der Waals surface area contributed by atoms with E-state index in [0.29, 0.717) is 21.9 Å². The lowest BCUT2D eigenvalue weighted by atomic mass is 10.2. The molecule has 0 aliphatic carbocycles. The Balaban J connectivity index is 1.86. The van der Waals surface area contributed by atoms with Gasteiger partial charge in [-0.25, -0.2) is 4.98 Å². The van der Waals surface area contributed by atoms with Crippen molar-refractivity contribution in [3.05, 3.63) is 72.8 Å². The molecule has 1 amide bonds. The molecule has 1 aromatic heterocycles. The highest BCUT2D eigenvalue weighted by molar-refractivity contribution is 7.85. The summed E-state index contributed by atoms with van der Waals surface area (Å²) in [6.45, 7) is 1.83. The smallest absolute Gasteiger partial charge is 0.256 e. The summed E-state index contributed by atoms with van der Waals surface area (Å²) in [4.78, 5) is 17.2. The molecule has 5 nitrogen and oxygen atoms in total. The third-order valence-electron chi connectivity index (χ3n) is 3.55. The first kappa shape index (κ1) is 16.1. The Kier molecular flexibility index (Phi) is 4.86. The molecular formula is C18H17N3O2S. The van der Waals surface area contributed by atoms with Gasteiger partial charge >= 0.3 is 0 Å². The normalized spacial score (nSPS) is 11.9. The molecule has 0 radical (unpaired) electrons. The van der Waals surface area contributed by atoms with E-state index in [1.54, 1.807) is 36.8 Å². The van der Waals surface area contributed by atoms with Crippen LogP contribution in [0, 0.1) is 0 Å². The fraction of sp³-hybridized carbons (Fsp3) is 0.111. The molecule has 0 aliphatic rings. The first-order chi connectivity index (χ1) is 11.7. The van der Waals surface area contributed by atoms with E-state index in [1.165, 1.54) is 0 Å². The van der Waals surface area contributed by atoms with Crippen LogP contribution in [-0.2, 0) is 10.8 Å². The Morgan fingerprint density at radius 1 is 1.21 bits per heavy atom. The quantitative estimate of drug-likeness (QED) is 0.776. The van der Waals surface area contributed by atoms with Crippen LogP contribution in [0.25, 0.3) is 5.69 Å². The molecule has 0 bridgehead atoms. The van der Waals surface area contributed by atoms with Crippen molar-refractivity contribution in [3.63, 3.8) is 0 Å². The molecule has 1 heterocycles. The van der Waals surface area contributed by atoms with Crippen LogP contribution >= 0.6 is 0 Å². The average Bonchev–Trinajstić information content (AvgIpc) is 3.16. The fourth-order valence-corrected chi connectivity index (χ4v) is 3.31.